The van der Waals surface area contributed by atoms with Crippen LogP contribution in [-0.4, -0.2) is 40.5 Å². The highest BCUT2D eigenvalue weighted by Gasteiger charge is 2.09. The van der Waals surface area contributed by atoms with Crippen molar-refractivity contribution in [2.24, 2.45) is 0 Å². The summed E-state index contributed by atoms with van der Waals surface area (Å²) in [5.41, 5.74) is 0.856. The quantitative estimate of drug-likeness (QED) is 0.725. The number of carbonyl (C=O) groups is 3. The lowest BCUT2D eigenvalue weighted by molar-refractivity contribution is -0.137. The van der Waals surface area contributed by atoms with E-state index in [-0.39, 0.29) is 19.0 Å². The maximum Gasteiger partial charge on any atom is 0.322 e. The summed E-state index contributed by atoms with van der Waals surface area (Å²) in [5, 5.41) is 14.5. The molecule has 0 unspecified atom stereocenters. The molecule has 116 valence electrons. The summed E-state index contributed by atoms with van der Waals surface area (Å²) in [6.07, 6.45) is 1.76. The Labute approximate surface area is 130 Å². The minimum Gasteiger partial charge on any atom is -0.480 e. The Morgan fingerprint density at radius 2 is 1.82 bits per heavy atom. The second kappa shape index (κ2) is 6.95. The van der Waals surface area contributed by atoms with Gasteiger partial charge in [0.25, 0.3) is 0 Å². The third kappa shape index (κ3) is 4.23. The molecule has 0 aliphatic rings. The zero-order valence-electron chi connectivity index (χ0n) is 11.5. The fraction of sp³-hybridized carbons (Fsp3) is 0.214. The van der Waals surface area contributed by atoms with Gasteiger partial charge in [-0.25, -0.2) is 0 Å². The molecule has 0 atom stereocenters. The summed E-state index contributed by atoms with van der Waals surface area (Å²) in [4.78, 5) is 33.4. The first-order chi connectivity index (χ1) is 10.5. The molecule has 0 bridgehead atoms. The third-order valence-electron chi connectivity index (χ3n) is 2.93. The van der Waals surface area contributed by atoms with Gasteiger partial charge in [0.05, 0.1) is 6.54 Å². The number of amides is 2. The molecule has 2 rings (SSSR count). The van der Waals surface area contributed by atoms with Crippen LogP contribution >= 0.6 is 11.6 Å². The van der Waals surface area contributed by atoms with Crippen LogP contribution in [-0.2, 0) is 20.9 Å². The van der Waals surface area contributed by atoms with Crippen molar-refractivity contribution in [3.63, 3.8) is 0 Å². The predicted octanol–water partition coefficient (Wildman–Crippen LogP) is 0.612. The topological polar surface area (TPSA) is 100 Å². The number of halogens is 1. The number of rotatable bonds is 6. The molecule has 0 spiro atoms. The molecule has 0 aliphatic carbocycles. The van der Waals surface area contributed by atoms with Crippen LogP contribution in [0.3, 0.4) is 0 Å². The normalized spacial score (nSPS) is 10.4. The van der Waals surface area contributed by atoms with Gasteiger partial charge in [-0.2, -0.15) is 0 Å². The first-order valence-corrected chi connectivity index (χ1v) is 6.83. The summed E-state index contributed by atoms with van der Waals surface area (Å²) in [6.45, 7) is -0.688. The molecule has 3 N–H and O–H groups in total. The van der Waals surface area contributed by atoms with Crippen molar-refractivity contribution in [2.75, 3.05) is 13.1 Å². The highest BCUT2D eigenvalue weighted by atomic mass is 35.5. The summed E-state index contributed by atoms with van der Waals surface area (Å²) in [6, 6.07) is 7.18. The summed E-state index contributed by atoms with van der Waals surface area (Å²) < 4.78 is 1.73. The van der Waals surface area contributed by atoms with E-state index in [0.29, 0.717) is 5.02 Å². The van der Waals surface area contributed by atoms with Gasteiger partial charge >= 0.3 is 5.97 Å². The summed E-state index contributed by atoms with van der Waals surface area (Å²) >= 11 is 5.90. The number of carboxylic acids is 1. The van der Waals surface area contributed by atoms with Gasteiger partial charge in [-0.05, 0) is 24.3 Å². The number of aliphatic carboxylic acids is 1. The van der Waals surface area contributed by atoms with E-state index in [1.165, 1.54) is 0 Å². The van der Waals surface area contributed by atoms with E-state index in [0.717, 1.165) is 10.9 Å². The largest absolute Gasteiger partial charge is 0.480 e. The lowest BCUT2D eigenvalue weighted by Crippen LogP contribution is -2.40. The number of fused-ring (bicyclic) bond motifs is 1. The van der Waals surface area contributed by atoms with Gasteiger partial charge in [0.2, 0.25) is 11.8 Å². The first kappa shape index (κ1) is 15.8. The van der Waals surface area contributed by atoms with Crippen molar-refractivity contribution in [1.82, 2.24) is 15.2 Å². The molecule has 2 aromatic rings. The van der Waals surface area contributed by atoms with Gasteiger partial charge in [-0.15, -0.1) is 0 Å². The number of benzene rings is 1. The smallest absolute Gasteiger partial charge is 0.322 e. The van der Waals surface area contributed by atoms with Gasteiger partial charge < -0.3 is 20.3 Å². The van der Waals surface area contributed by atoms with E-state index in [4.69, 9.17) is 16.7 Å². The molecule has 1 aromatic carbocycles. The Kier molecular flexibility index (Phi) is 5.00. The van der Waals surface area contributed by atoms with Crippen LogP contribution in [0.1, 0.15) is 0 Å². The van der Waals surface area contributed by atoms with Crippen LogP contribution in [0.4, 0.5) is 0 Å². The maximum atomic E-state index is 11.8. The van der Waals surface area contributed by atoms with Crippen molar-refractivity contribution in [3.8, 4) is 0 Å². The molecule has 2 amide bonds. The zero-order valence-corrected chi connectivity index (χ0v) is 12.3. The molecule has 1 heterocycles. The monoisotopic (exact) mass is 323 g/mol. The highest BCUT2D eigenvalue weighted by molar-refractivity contribution is 6.31. The molecule has 0 saturated carbocycles. The van der Waals surface area contributed by atoms with Gasteiger partial charge in [-0.1, -0.05) is 11.6 Å². The minimum absolute atomic E-state index is 0.0529. The van der Waals surface area contributed by atoms with Gasteiger partial charge in [0.15, 0.2) is 0 Å². The first-order valence-electron chi connectivity index (χ1n) is 6.45. The van der Waals surface area contributed by atoms with Crippen LogP contribution < -0.4 is 10.6 Å². The Balaban J connectivity index is 1.88. The molecular formula is C14H14ClN3O4. The second-order valence-corrected chi connectivity index (χ2v) is 5.03. The second-order valence-electron chi connectivity index (χ2n) is 4.59. The Hall–Kier alpha value is -2.54. The molecule has 22 heavy (non-hydrogen) atoms. The SMILES string of the molecule is O=C(O)CNC(=O)CNC(=O)Cn1ccc2cc(Cl)ccc21. The van der Waals surface area contributed by atoms with Gasteiger partial charge in [0.1, 0.15) is 13.1 Å². The Bertz CT molecular complexity index is 726. The van der Waals surface area contributed by atoms with E-state index < -0.39 is 18.4 Å². The molecule has 0 radical (unpaired) electrons. The number of carbonyl (C=O) groups excluding carboxylic acids is 2. The van der Waals surface area contributed by atoms with Crippen molar-refractivity contribution in [3.05, 3.63) is 35.5 Å². The molecule has 0 aliphatic heterocycles. The van der Waals surface area contributed by atoms with Gasteiger partial charge in [0, 0.05) is 22.1 Å². The van der Waals surface area contributed by atoms with E-state index >= 15 is 0 Å². The van der Waals surface area contributed by atoms with Crippen LogP contribution in [0.5, 0.6) is 0 Å². The van der Waals surface area contributed by atoms with Crippen LogP contribution in [0.25, 0.3) is 10.9 Å². The standard InChI is InChI=1S/C14H14ClN3O4/c15-10-1-2-11-9(5-10)3-4-18(11)8-13(20)16-6-12(19)17-7-14(21)22/h1-5H,6-8H2,(H,16,20)(H,17,19)(H,21,22). The average Bonchev–Trinajstić information content (AvgIpc) is 2.85. The van der Waals surface area contributed by atoms with Gasteiger partial charge in [-0.3, -0.25) is 14.4 Å². The van der Waals surface area contributed by atoms with E-state index in [1.54, 1.807) is 22.9 Å². The number of carboxylic acid groups (broad SMARTS) is 1. The predicted molar refractivity (Wildman–Crippen MR) is 80.6 cm³/mol. The number of hydrogen-bond donors (Lipinski definition) is 3. The van der Waals surface area contributed by atoms with Crippen molar-refractivity contribution in [1.29, 1.82) is 0 Å². The summed E-state index contributed by atoms with van der Waals surface area (Å²) in [7, 11) is 0. The number of hydrogen-bond acceptors (Lipinski definition) is 3. The van der Waals surface area contributed by atoms with E-state index in [2.05, 4.69) is 10.6 Å². The number of aromatic nitrogens is 1. The van der Waals surface area contributed by atoms with Crippen LogP contribution in [0.2, 0.25) is 5.02 Å². The zero-order chi connectivity index (χ0) is 16.1. The molecule has 0 saturated heterocycles. The van der Waals surface area contributed by atoms with Crippen molar-refractivity contribution in [2.45, 2.75) is 6.54 Å². The molecular weight excluding hydrogens is 310 g/mol. The molecule has 8 heteroatoms. The minimum atomic E-state index is -1.14. The van der Waals surface area contributed by atoms with Crippen LogP contribution in [0, 0.1) is 0 Å². The van der Waals surface area contributed by atoms with E-state index in [9.17, 15) is 14.4 Å². The maximum absolute atomic E-state index is 11.8. The summed E-state index contributed by atoms with van der Waals surface area (Å²) in [5.74, 6) is -2.05. The van der Waals surface area contributed by atoms with Crippen molar-refractivity contribution < 1.29 is 19.5 Å². The molecule has 7 nitrogen and oxygen atoms in total. The Morgan fingerprint density at radius 3 is 2.55 bits per heavy atom. The Morgan fingerprint density at radius 1 is 1.09 bits per heavy atom. The molecule has 1 aromatic heterocycles. The fourth-order valence-electron chi connectivity index (χ4n) is 1.94. The van der Waals surface area contributed by atoms with Crippen LogP contribution in [0.15, 0.2) is 30.5 Å². The number of nitrogens with one attached hydrogen (secondary N) is 2. The lowest BCUT2D eigenvalue weighted by atomic mass is 10.2. The molecule has 0 fully saturated rings. The third-order valence-corrected chi connectivity index (χ3v) is 3.16. The average molecular weight is 324 g/mol. The highest BCUT2D eigenvalue weighted by Crippen LogP contribution is 2.20. The van der Waals surface area contributed by atoms with Crippen molar-refractivity contribution >= 4 is 40.3 Å². The number of nitrogens with zero attached hydrogens (tertiary/aromatic N) is 1. The van der Waals surface area contributed by atoms with E-state index in [1.807, 2.05) is 12.1 Å². The fourth-order valence-corrected chi connectivity index (χ4v) is 2.12. The lowest BCUT2D eigenvalue weighted by Gasteiger charge is -2.07.